The van der Waals surface area contributed by atoms with Gasteiger partial charge < -0.3 is 9.79 Å². The van der Waals surface area contributed by atoms with Crippen LogP contribution in [-0.2, 0) is 13.4 Å². The van der Waals surface area contributed by atoms with Gasteiger partial charge in [0, 0.05) is 6.66 Å². The van der Waals surface area contributed by atoms with E-state index in [9.17, 15) is 9.13 Å². The predicted molar refractivity (Wildman–Crippen MR) is 55.7 cm³/mol. The Labute approximate surface area is 84.6 Å². The normalized spacial score (nSPS) is 20.0. The summed E-state index contributed by atoms with van der Waals surface area (Å²) < 4.78 is 26.1. The van der Waals surface area contributed by atoms with E-state index in [2.05, 4.69) is 4.31 Å². The molecule has 0 saturated carbocycles. The van der Waals surface area contributed by atoms with Crippen LogP contribution in [0.5, 0.6) is 0 Å². The Bertz CT molecular complexity index is 246. The molecule has 0 amide bonds. The van der Waals surface area contributed by atoms with Gasteiger partial charge in [-0.1, -0.05) is 26.2 Å². The summed E-state index contributed by atoms with van der Waals surface area (Å²) in [7, 11) is -7.72. The second-order valence-corrected chi connectivity index (χ2v) is 7.29. The minimum atomic E-state index is -3.87. The summed E-state index contributed by atoms with van der Waals surface area (Å²) in [4.78, 5) is 17.9. The first kappa shape index (κ1) is 14.3. The minimum Gasteiger partial charge on any atom is -0.324 e. The minimum absolute atomic E-state index is 0.0502. The molecule has 2 unspecified atom stereocenters. The summed E-state index contributed by atoms with van der Waals surface area (Å²) in [6.07, 6.45) is 3.35. The molecule has 0 heterocycles. The maximum atomic E-state index is 11.2. The Morgan fingerprint density at radius 2 is 1.71 bits per heavy atom. The molecule has 2 atom stereocenters. The van der Waals surface area contributed by atoms with E-state index < -0.39 is 15.2 Å². The van der Waals surface area contributed by atoms with Gasteiger partial charge in [-0.25, -0.2) is 4.31 Å². The van der Waals surface area contributed by atoms with Gasteiger partial charge in [-0.15, -0.1) is 0 Å². The lowest BCUT2D eigenvalue weighted by atomic mass is 10.2. The van der Waals surface area contributed by atoms with Crippen molar-refractivity contribution in [3.05, 3.63) is 0 Å². The standard InChI is InChI=1S/C7H18O5P2/c1-3-4-5-6-7-14(10,11)12-13(2,8)9/h3-7H2,1-2H3,(H,8,9)(H,10,11). The van der Waals surface area contributed by atoms with Crippen LogP contribution < -0.4 is 0 Å². The summed E-state index contributed by atoms with van der Waals surface area (Å²) in [6.45, 7) is 2.94. The molecule has 0 aliphatic heterocycles. The molecule has 7 heteroatoms. The van der Waals surface area contributed by atoms with Gasteiger partial charge in [0.05, 0.1) is 6.16 Å². The second kappa shape index (κ2) is 6.04. The molecule has 0 saturated heterocycles. The number of unbranched alkanes of at least 4 members (excludes halogenated alkanes) is 3. The molecule has 0 spiro atoms. The highest BCUT2D eigenvalue weighted by Gasteiger charge is 2.27. The molecular formula is C7H18O5P2. The molecule has 2 N–H and O–H groups in total. The van der Waals surface area contributed by atoms with E-state index in [0.29, 0.717) is 6.42 Å². The average Bonchev–Trinajstić information content (AvgIpc) is 1.93. The van der Waals surface area contributed by atoms with Crippen molar-refractivity contribution >= 4 is 15.2 Å². The molecule has 0 fully saturated rings. The molecule has 5 nitrogen and oxygen atoms in total. The van der Waals surface area contributed by atoms with Crippen molar-refractivity contribution in [3.8, 4) is 0 Å². The van der Waals surface area contributed by atoms with Crippen LogP contribution in [0.25, 0.3) is 0 Å². The van der Waals surface area contributed by atoms with Crippen LogP contribution in [0.3, 0.4) is 0 Å². The van der Waals surface area contributed by atoms with E-state index in [-0.39, 0.29) is 6.16 Å². The van der Waals surface area contributed by atoms with Crippen molar-refractivity contribution in [2.75, 3.05) is 12.8 Å². The van der Waals surface area contributed by atoms with E-state index in [1.807, 2.05) is 6.92 Å². The van der Waals surface area contributed by atoms with Crippen LogP contribution in [0.15, 0.2) is 0 Å². The van der Waals surface area contributed by atoms with Gasteiger partial charge in [0.25, 0.3) is 0 Å². The maximum absolute atomic E-state index is 11.2. The van der Waals surface area contributed by atoms with E-state index in [4.69, 9.17) is 9.79 Å². The first-order chi connectivity index (χ1) is 6.27. The molecule has 14 heavy (non-hydrogen) atoms. The molecule has 0 aromatic rings. The number of rotatable bonds is 7. The molecule has 0 aliphatic carbocycles. The molecule has 0 aliphatic rings. The van der Waals surface area contributed by atoms with Crippen molar-refractivity contribution in [2.24, 2.45) is 0 Å². The smallest absolute Gasteiger partial charge is 0.324 e. The van der Waals surface area contributed by atoms with Crippen molar-refractivity contribution in [3.63, 3.8) is 0 Å². The van der Waals surface area contributed by atoms with Gasteiger partial charge in [-0.2, -0.15) is 0 Å². The van der Waals surface area contributed by atoms with Crippen LogP contribution in [0.2, 0.25) is 0 Å². The summed E-state index contributed by atoms with van der Waals surface area (Å²) in [5.74, 6) is 0. The lowest BCUT2D eigenvalue weighted by Gasteiger charge is -2.13. The van der Waals surface area contributed by atoms with Gasteiger partial charge >= 0.3 is 15.2 Å². The van der Waals surface area contributed by atoms with Gasteiger partial charge in [-0.3, -0.25) is 9.13 Å². The molecule has 0 aromatic carbocycles. The summed E-state index contributed by atoms with van der Waals surface area (Å²) in [5.41, 5.74) is 0. The van der Waals surface area contributed by atoms with Gasteiger partial charge in [0.2, 0.25) is 0 Å². The van der Waals surface area contributed by atoms with Crippen LogP contribution in [-0.4, -0.2) is 22.6 Å². The van der Waals surface area contributed by atoms with E-state index in [0.717, 1.165) is 25.9 Å². The second-order valence-electron chi connectivity index (χ2n) is 3.31. The maximum Gasteiger partial charge on any atom is 0.335 e. The van der Waals surface area contributed by atoms with Crippen LogP contribution in [0.1, 0.15) is 32.6 Å². The van der Waals surface area contributed by atoms with Crippen LogP contribution >= 0.6 is 15.2 Å². The third kappa shape index (κ3) is 8.92. The molecule has 0 aromatic heterocycles. The van der Waals surface area contributed by atoms with E-state index >= 15 is 0 Å². The highest BCUT2D eigenvalue weighted by molar-refractivity contribution is 7.65. The Kier molecular flexibility index (Phi) is 6.19. The largest absolute Gasteiger partial charge is 0.335 e. The van der Waals surface area contributed by atoms with E-state index in [1.165, 1.54) is 0 Å². The third-order valence-corrected chi connectivity index (χ3v) is 4.69. The van der Waals surface area contributed by atoms with Crippen molar-refractivity contribution in [2.45, 2.75) is 32.6 Å². The zero-order valence-corrected chi connectivity index (χ0v) is 10.3. The van der Waals surface area contributed by atoms with Crippen molar-refractivity contribution < 1.29 is 23.2 Å². The summed E-state index contributed by atoms with van der Waals surface area (Å²) >= 11 is 0. The fraction of sp³-hybridized carbons (Fsp3) is 1.00. The monoisotopic (exact) mass is 244 g/mol. The fourth-order valence-corrected chi connectivity index (χ4v) is 3.86. The Morgan fingerprint density at radius 1 is 1.14 bits per heavy atom. The number of hydrogen-bond donors (Lipinski definition) is 2. The Morgan fingerprint density at radius 3 is 2.14 bits per heavy atom. The first-order valence-corrected chi connectivity index (χ1v) is 8.39. The molecular weight excluding hydrogens is 226 g/mol. The fourth-order valence-electron chi connectivity index (χ4n) is 1.02. The zero-order valence-electron chi connectivity index (χ0n) is 8.55. The highest BCUT2D eigenvalue weighted by atomic mass is 31.3. The molecule has 0 rings (SSSR count). The summed E-state index contributed by atoms with van der Waals surface area (Å²) in [6, 6.07) is 0. The topological polar surface area (TPSA) is 83.8 Å². The molecule has 0 bridgehead atoms. The molecule has 0 radical (unpaired) electrons. The van der Waals surface area contributed by atoms with Crippen LogP contribution in [0, 0.1) is 0 Å². The lowest BCUT2D eigenvalue weighted by molar-refractivity contribution is 0.335. The third-order valence-electron chi connectivity index (χ3n) is 1.57. The Hall–Kier alpha value is 0.340. The molecule has 86 valence electrons. The SMILES string of the molecule is CCCCCCP(=O)(O)OP(C)(=O)O. The predicted octanol–water partition coefficient (Wildman–Crippen LogP) is 2.58. The van der Waals surface area contributed by atoms with Crippen molar-refractivity contribution in [1.29, 1.82) is 0 Å². The lowest BCUT2D eigenvalue weighted by Crippen LogP contribution is -1.93. The Balaban J connectivity index is 3.85. The highest BCUT2D eigenvalue weighted by Crippen LogP contribution is 2.57. The van der Waals surface area contributed by atoms with Gasteiger partial charge in [-0.05, 0) is 6.42 Å². The number of hydrogen-bond acceptors (Lipinski definition) is 3. The average molecular weight is 244 g/mol. The van der Waals surface area contributed by atoms with E-state index in [1.54, 1.807) is 0 Å². The zero-order chi connectivity index (χ0) is 11.2. The van der Waals surface area contributed by atoms with Crippen LogP contribution in [0.4, 0.5) is 0 Å². The van der Waals surface area contributed by atoms with Crippen molar-refractivity contribution in [1.82, 2.24) is 0 Å². The first-order valence-electron chi connectivity index (χ1n) is 4.60. The quantitative estimate of drug-likeness (QED) is 0.531. The van der Waals surface area contributed by atoms with Gasteiger partial charge in [0.15, 0.2) is 0 Å². The summed E-state index contributed by atoms with van der Waals surface area (Å²) in [5, 5.41) is 0. The van der Waals surface area contributed by atoms with Gasteiger partial charge in [0.1, 0.15) is 0 Å².